The first-order valence-corrected chi connectivity index (χ1v) is 5.44. The number of carbonyl (C=O) groups is 1. The third kappa shape index (κ3) is 3.61. The molecule has 0 aliphatic rings. The average Bonchev–Trinajstić information content (AvgIpc) is 2.29. The van der Waals surface area contributed by atoms with Crippen LogP contribution in [0.4, 0.5) is 0 Å². The van der Waals surface area contributed by atoms with E-state index in [1.807, 2.05) is 6.92 Å². The molecule has 0 saturated heterocycles. The fraction of sp³-hybridized carbons (Fsp3) is 0.417. The van der Waals surface area contributed by atoms with Gasteiger partial charge in [0.25, 0.3) is 0 Å². The Morgan fingerprint density at radius 3 is 2.76 bits per heavy atom. The molecule has 0 spiro atoms. The van der Waals surface area contributed by atoms with Gasteiger partial charge in [-0.3, -0.25) is 0 Å². The van der Waals surface area contributed by atoms with E-state index in [0.29, 0.717) is 10.8 Å². The zero-order chi connectivity index (χ0) is 13.1. The zero-order valence-corrected chi connectivity index (χ0v) is 10.7. The molecule has 1 aromatic carbocycles. The molecule has 94 valence electrons. The Balaban J connectivity index is 2.73. The Bertz CT molecular complexity index is 415. The van der Waals surface area contributed by atoms with Crippen molar-refractivity contribution in [1.29, 1.82) is 0 Å². The van der Waals surface area contributed by atoms with Gasteiger partial charge in [-0.05, 0) is 31.5 Å². The molecular formula is C12H15ClO4. The smallest absolute Gasteiger partial charge is 0.341 e. The quantitative estimate of drug-likeness (QED) is 0.839. The van der Waals surface area contributed by atoms with Crippen LogP contribution in [0, 0.1) is 6.92 Å². The molecule has 0 heterocycles. The number of hydrogen-bond acceptors (Lipinski definition) is 4. The van der Waals surface area contributed by atoms with Crippen molar-refractivity contribution >= 4 is 17.6 Å². The maximum absolute atomic E-state index is 11.2. The van der Waals surface area contributed by atoms with E-state index in [-0.39, 0.29) is 6.61 Å². The minimum Gasteiger partial charge on any atom is -0.490 e. The van der Waals surface area contributed by atoms with Crippen molar-refractivity contribution in [2.45, 2.75) is 19.4 Å². The van der Waals surface area contributed by atoms with Gasteiger partial charge >= 0.3 is 5.97 Å². The largest absolute Gasteiger partial charge is 0.490 e. The molecule has 1 aromatic rings. The Morgan fingerprint density at radius 1 is 1.53 bits per heavy atom. The predicted molar refractivity (Wildman–Crippen MR) is 64.3 cm³/mol. The van der Waals surface area contributed by atoms with Gasteiger partial charge in [-0.25, -0.2) is 4.79 Å². The topological polar surface area (TPSA) is 55.8 Å². The molecule has 5 heteroatoms. The first kappa shape index (κ1) is 13.8. The van der Waals surface area contributed by atoms with Crippen molar-refractivity contribution in [1.82, 2.24) is 0 Å². The number of carbonyl (C=O) groups excluding carboxylic acids is 1. The number of aliphatic hydroxyl groups is 1. The number of methoxy groups -OCH3 is 1. The van der Waals surface area contributed by atoms with E-state index in [9.17, 15) is 9.90 Å². The Morgan fingerprint density at radius 2 is 2.18 bits per heavy atom. The molecule has 0 fully saturated rings. The van der Waals surface area contributed by atoms with Crippen molar-refractivity contribution in [2.24, 2.45) is 0 Å². The lowest BCUT2D eigenvalue weighted by Crippen LogP contribution is -2.42. The number of ether oxygens (including phenoxy) is 2. The number of aryl methyl sites for hydroxylation is 1. The van der Waals surface area contributed by atoms with Crippen molar-refractivity contribution in [3.63, 3.8) is 0 Å². The lowest BCUT2D eigenvalue weighted by molar-refractivity contribution is -0.163. The third-order valence-corrected chi connectivity index (χ3v) is 2.52. The summed E-state index contributed by atoms with van der Waals surface area (Å²) in [6.07, 6.45) is 0. The number of halogens is 1. The molecule has 1 atom stereocenters. The summed E-state index contributed by atoms with van der Waals surface area (Å²) in [5, 5.41) is 10.3. The summed E-state index contributed by atoms with van der Waals surface area (Å²) in [4.78, 5) is 11.2. The molecule has 0 amide bonds. The molecule has 1 rings (SSSR count). The van der Waals surface area contributed by atoms with E-state index in [0.717, 1.165) is 5.56 Å². The van der Waals surface area contributed by atoms with Gasteiger partial charge in [0.2, 0.25) is 0 Å². The van der Waals surface area contributed by atoms with E-state index in [4.69, 9.17) is 16.3 Å². The van der Waals surface area contributed by atoms with Gasteiger partial charge in [0.15, 0.2) is 5.60 Å². The predicted octanol–water partition coefficient (Wildman–Crippen LogP) is 1.95. The van der Waals surface area contributed by atoms with Gasteiger partial charge in [0.1, 0.15) is 12.4 Å². The fourth-order valence-electron chi connectivity index (χ4n) is 1.23. The van der Waals surface area contributed by atoms with E-state index < -0.39 is 11.6 Å². The summed E-state index contributed by atoms with van der Waals surface area (Å²) >= 11 is 5.82. The van der Waals surface area contributed by atoms with Crippen LogP contribution >= 0.6 is 11.6 Å². The second-order valence-corrected chi connectivity index (χ2v) is 4.40. The van der Waals surface area contributed by atoms with Gasteiger partial charge in [-0.2, -0.15) is 0 Å². The van der Waals surface area contributed by atoms with Gasteiger partial charge in [-0.1, -0.05) is 17.7 Å². The van der Waals surface area contributed by atoms with E-state index in [1.165, 1.54) is 14.0 Å². The van der Waals surface area contributed by atoms with Crippen LogP contribution < -0.4 is 4.74 Å². The molecular weight excluding hydrogens is 244 g/mol. The SMILES string of the molecule is COC(=O)C(C)(O)COc1cc(Cl)ccc1C. The molecule has 4 nitrogen and oxygen atoms in total. The van der Waals surface area contributed by atoms with Gasteiger partial charge < -0.3 is 14.6 Å². The summed E-state index contributed by atoms with van der Waals surface area (Å²) in [5.74, 6) is -0.209. The standard InChI is InChI=1S/C12H15ClO4/c1-8-4-5-9(13)6-10(8)17-7-12(2,15)11(14)16-3/h4-6,15H,7H2,1-3H3. The normalized spacial score (nSPS) is 13.9. The van der Waals surface area contributed by atoms with Crippen LogP contribution in [0.3, 0.4) is 0 Å². The summed E-state index contributed by atoms with van der Waals surface area (Å²) in [7, 11) is 1.21. The van der Waals surface area contributed by atoms with Crippen LogP contribution in [0.25, 0.3) is 0 Å². The van der Waals surface area contributed by atoms with Crippen molar-refractivity contribution in [3.05, 3.63) is 28.8 Å². The summed E-state index contributed by atoms with van der Waals surface area (Å²) in [6, 6.07) is 5.16. The van der Waals surface area contributed by atoms with Crippen molar-refractivity contribution in [2.75, 3.05) is 13.7 Å². The van der Waals surface area contributed by atoms with Crippen LogP contribution in [0.15, 0.2) is 18.2 Å². The highest BCUT2D eigenvalue weighted by Crippen LogP contribution is 2.23. The van der Waals surface area contributed by atoms with Crippen LogP contribution in [0.1, 0.15) is 12.5 Å². The summed E-state index contributed by atoms with van der Waals surface area (Å²) in [6.45, 7) is 2.98. The molecule has 0 aromatic heterocycles. The first-order chi connectivity index (χ1) is 7.86. The highest BCUT2D eigenvalue weighted by Gasteiger charge is 2.32. The Kier molecular flexibility index (Phi) is 4.37. The Labute approximate surface area is 105 Å². The van der Waals surface area contributed by atoms with Crippen LogP contribution in [0.2, 0.25) is 5.02 Å². The van der Waals surface area contributed by atoms with Crippen LogP contribution in [0.5, 0.6) is 5.75 Å². The maximum Gasteiger partial charge on any atom is 0.341 e. The molecule has 0 radical (unpaired) electrons. The van der Waals surface area contributed by atoms with Gasteiger partial charge in [0, 0.05) is 5.02 Å². The second kappa shape index (κ2) is 5.38. The Hall–Kier alpha value is -1.26. The number of esters is 1. The number of hydrogen-bond donors (Lipinski definition) is 1. The lowest BCUT2D eigenvalue weighted by atomic mass is 10.1. The minimum atomic E-state index is -1.68. The zero-order valence-electron chi connectivity index (χ0n) is 9.99. The van der Waals surface area contributed by atoms with Crippen molar-refractivity contribution < 1.29 is 19.4 Å². The van der Waals surface area contributed by atoms with Crippen LogP contribution in [-0.4, -0.2) is 30.4 Å². The molecule has 0 aliphatic carbocycles. The van der Waals surface area contributed by atoms with Crippen molar-refractivity contribution in [3.8, 4) is 5.75 Å². The highest BCUT2D eigenvalue weighted by molar-refractivity contribution is 6.30. The minimum absolute atomic E-state index is 0.194. The molecule has 0 bridgehead atoms. The second-order valence-electron chi connectivity index (χ2n) is 3.96. The van der Waals surface area contributed by atoms with E-state index in [2.05, 4.69) is 4.74 Å². The number of rotatable bonds is 4. The molecule has 0 aliphatic heterocycles. The monoisotopic (exact) mass is 258 g/mol. The first-order valence-electron chi connectivity index (χ1n) is 5.06. The van der Waals surface area contributed by atoms with E-state index >= 15 is 0 Å². The van der Waals surface area contributed by atoms with E-state index in [1.54, 1.807) is 18.2 Å². The molecule has 0 saturated carbocycles. The summed E-state index contributed by atoms with van der Waals surface area (Å²) in [5.41, 5.74) is -0.807. The molecule has 17 heavy (non-hydrogen) atoms. The third-order valence-electron chi connectivity index (χ3n) is 2.28. The lowest BCUT2D eigenvalue weighted by Gasteiger charge is -2.21. The molecule has 1 unspecified atom stereocenters. The van der Waals surface area contributed by atoms with Gasteiger partial charge in [-0.15, -0.1) is 0 Å². The fourth-order valence-corrected chi connectivity index (χ4v) is 1.39. The highest BCUT2D eigenvalue weighted by atomic mass is 35.5. The molecule has 1 N–H and O–H groups in total. The van der Waals surface area contributed by atoms with Crippen LogP contribution in [-0.2, 0) is 9.53 Å². The number of benzene rings is 1. The average molecular weight is 259 g/mol. The summed E-state index contributed by atoms with van der Waals surface area (Å²) < 4.78 is 9.83. The van der Waals surface area contributed by atoms with Gasteiger partial charge in [0.05, 0.1) is 7.11 Å². The maximum atomic E-state index is 11.2.